The second-order valence-electron chi connectivity index (χ2n) is 13.6. The van der Waals surface area contributed by atoms with Crippen LogP contribution in [-0.2, 0) is 6.42 Å². The molecule has 4 aliphatic heterocycles. The van der Waals surface area contributed by atoms with Gasteiger partial charge in [0.15, 0.2) is 0 Å². The lowest BCUT2D eigenvalue weighted by Crippen LogP contribution is -2.50. The highest BCUT2D eigenvalue weighted by Crippen LogP contribution is 2.39. The summed E-state index contributed by atoms with van der Waals surface area (Å²) in [5.74, 6) is 1.66. The third-order valence-electron chi connectivity index (χ3n) is 10.5. The van der Waals surface area contributed by atoms with Crippen molar-refractivity contribution in [3.8, 4) is 5.75 Å². The summed E-state index contributed by atoms with van der Waals surface area (Å²) in [6, 6.07) is 17.1. The number of rotatable bonds is 7. The van der Waals surface area contributed by atoms with Gasteiger partial charge in [0.1, 0.15) is 11.6 Å². The molecule has 2 N–H and O–H groups in total. The minimum atomic E-state index is -0.123. The fourth-order valence-corrected chi connectivity index (χ4v) is 7.84. The molecule has 7 rings (SSSR count). The van der Waals surface area contributed by atoms with Crippen molar-refractivity contribution in [1.82, 2.24) is 20.5 Å². The van der Waals surface area contributed by atoms with Crippen LogP contribution in [-0.4, -0.2) is 79.7 Å². The molecule has 46 heavy (non-hydrogen) atoms. The Balaban J connectivity index is 0.939. The molecule has 9 heteroatoms. The van der Waals surface area contributed by atoms with Gasteiger partial charge in [0.05, 0.1) is 18.2 Å². The summed E-state index contributed by atoms with van der Waals surface area (Å²) in [5, 5.41) is 6.48. The highest BCUT2D eigenvalue weighted by molar-refractivity contribution is 5.97. The molecule has 2 bridgehead atoms. The Labute approximate surface area is 272 Å². The second kappa shape index (κ2) is 12.9. The summed E-state index contributed by atoms with van der Waals surface area (Å²) < 4.78 is 5.91. The molecule has 0 radical (unpaired) electrons. The molecule has 9 nitrogen and oxygen atoms in total. The van der Waals surface area contributed by atoms with E-state index in [2.05, 4.69) is 56.6 Å². The van der Waals surface area contributed by atoms with Crippen molar-refractivity contribution >= 4 is 23.3 Å². The third kappa shape index (κ3) is 6.17. The van der Waals surface area contributed by atoms with Crippen LogP contribution in [0.4, 0.5) is 11.5 Å². The van der Waals surface area contributed by atoms with E-state index in [1.54, 1.807) is 6.20 Å². The molecular formula is C37H46N6O3. The Hall–Kier alpha value is -4.11. The molecule has 2 aromatic carbocycles. The van der Waals surface area contributed by atoms with Gasteiger partial charge < -0.3 is 30.1 Å². The number of pyridine rings is 1. The van der Waals surface area contributed by atoms with Crippen LogP contribution in [0.15, 0.2) is 54.7 Å². The van der Waals surface area contributed by atoms with Crippen molar-refractivity contribution in [3.05, 3.63) is 82.5 Å². The predicted octanol–water partition coefficient (Wildman–Crippen LogP) is 4.89. The summed E-state index contributed by atoms with van der Waals surface area (Å²) in [7, 11) is 2.16. The smallest absolute Gasteiger partial charge is 0.253 e. The van der Waals surface area contributed by atoms with E-state index in [0.29, 0.717) is 29.8 Å². The van der Waals surface area contributed by atoms with E-state index in [-0.39, 0.29) is 23.9 Å². The lowest BCUT2D eigenvalue weighted by atomic mass is 9.95. The van der Waals surface area contributed by atoms with Crippen molar-refractivity contribution < 1.29 is 14.3 Å². The number of nitrogens with one attached hydrogen (secondary N) is 2. The van der Waals surface area contributed by atoms with Gasteiger partial charge in [-0.25, -0.2) is 4.98 Å². The first kappa shape index (κ1) is 30.5. The van der Waals surface area contributed by atoms with E-state index < -0.39 is 0 Å². The molecule has 0 aliphatic carbocycles. The van der Waals surface area contributed by atoms with Gasteiger partial charge in [-0.15, -0.1) is 0 Å². The number of carbonyl (C=O) groups excluding carboxylic acids is 2. The predicted molar refractivity (Wildman–Crippen MR) is 181 cm³/mol. The number of hydrogen-bond acceptors (Lipinski definition) is 7. The number of likely N-dealkylation sites (N-methyl/N-ethyl adjacent to an activating group) is 1. The summed E-state index contributed by atoms with van der Waals surface area (Å²) in [6.45, 7) is 8.95. The van der Waals surface area contributed by atoms with Crippen LogP contribution in [0, 0.1) is 6.92 Å². The monoisotopic (exact) mass is 622 g/mol. The van der Waals surface area contributed by atoms with E-state index in [4.69, 9.17) is 9.72 Å². The molecule has 0 saturated carbocycles. The molecule has 3 aromatic rings. The SMILES string of the molecule is Cc1c(C(=O)NC2C[C@H]3CC[C@@H](C2)N3c2ccc(C(=O)N[C@@H](C)c3ccc(N4CCN(C)CC4)cc3)cn2)ccc2c1OCCC2. The molecule has 1 unspecified atom stereocenters. The minimum Gasteiger partial charge on any atom is -0.493 e. The number of carbonyl (C=O) groups is 2. The molecule has 2 amide bonds. The number of amides is 2. The lowest BCUT2D eigenvalue weighted by molar-refractivity contribution is 0.0922. The third-order valence-corrected chi connectivity index (χ3v) is 10.5. The summed E-state index contributed by atoms with van der Waals surface area (Å²) in [5.41, 5.74) is 5.72. The van der Waals surface area contributed by atoms with Crippen molar-refractivity contribution in [1.29, 1.82) is 0 Å². The number of aromatic nitrogens is 1. The number of nitrogens with zero attached hydrogens (tertiary/aromatic N) is 4. The molecular weight excluding hydrogens is 576 g/mol. The highest BCUT2D eigenvalue weighted by atomic mass is 16.5. The first-order valence-electron chi connectivity index (χ1n) is 17.0. The van der Waals surface area contributed by atoms with Gasteiger partial charge in [0.25, 0.3) is 11.8 Å². The second-order valence-corrected chi connectivity index (χ2v) is 13.6. The normalized spacial score (nSPS) is 23.3. The first-order chi connectivity index (χ1) is 22.3. The maximum absolute atomic E-state index is 13.3. The van der Waals surface area contributed by atoms with Gasteiger partial charge >= 0.3 is 0 Å². The molecule has 3 saturated heterocycles. The molecule has 0 spiro atoms. The van der Waals surface area contributed by atoms with Crippen molar-refractivity contribution in [2.45, 2.75) is 76.5 Å². The molecule has 5 heterocycles. The molecule has 4 atom stereocenters. The molecule has 242 valence electrons. The van der Waals surface area contributed by atoms with Crippen LogP contribution < -0.4 is 25.2 Å². The maximum atomic E-state index is 13.3. The van der Waals surface area contributed by atoms with Crippen LogP contribution >= 0.6 is 0 Å². The van der Waals surface area contributed by atoms with E-state index in [1.807, 2.05) is 38.1 Å². The average Bonchev–Trinajstić information content (AvgIpc) is 3.35. The number of piperazine rings is 1. The zero-order chi connectivity index (χ0) is 31.8. The average molecular weight is 623 g/mol. The Kier molecular flexibility index (Phi) is 8.60. The van der Waals surface area contributed by atoms with E-state index in [9.17, 15) is 9.59 Å². The zero-order valence-corrected chi connectivity index (χ0v) is 27.3. The topological polar surface area (TPSA) is 90.0 Å². The van der Waals surface area contributed by atoms with E-state index in [0.717, 1.165) is 87.4 Å². The van der Waals surface area contributed by atoms with Gasteiger partial charge in [-0.05, 0) is 101 Å². The highest BCUT2D eigenvalue weighted by Gasteiger charge is 2.42. The van der Waals surface area contributed by atoms with Gasteiger partial charge in [-0.1, -0.05) is 18.2 Å². The summed E-state index contributed by atoms with van der Waals surface area (Å²) in [4.78, 5) is 38.4. The van der Waals surface area contributed by atoms with Gasteiger partial charge in [0, 0.05) is 67.3 Å². The molecule has 1 aromatic heterocycles. The standard InChI is InChI=1S/C37H46N6O3/c1-24-33(14-8-27-5-4-20-46-35(24)27)37(45)40-29-21-31-12-13-32(22-29)43(31)34-15-9-28(23-38-34)36(44)39-25(2)26-6-10-30(11-7-26)42-18-16-41(3)17-19-42/h6-11,14-15,23,25,29,31-32H,4-5,12-13,16-22H2,1-3H3,(H,39,44)(H,40,45)/t25-,29?,31-,32+/m0/s1. The number of hydrogen-bond donors (Lipinski definition) is 2. The van der Waals surface area contributed by atoms with Crippen LogP contribution in [0.1, 0.15) is 82.5 Å². The maximum Gasteiger partial charge on any atom is 0.253 e. The molecule has 3 fully saturated rings. The Morgan fingerprint density at radius 2 is 1.67 bits per heavy atom. The Bertz CT molecular complexity index is 1550. The Morgan fingerprint density at radius 1 is 0.935 bits per heavy atom. The number of anilines is 2. The number of fused-ring (bicyclic) bond motifs is 3. The number of aryl methyl sites for hydroxylation is 1. The lowest BCUT2D eigenvalue weighted by Gasteiger charge is -2.40. The van der Waals surface area contributed by atoms with Crippen LogP contribution in [0.2, 0.25) is 0 Å². The Morgan fingerprint density at radius 3 is 2.37 bits per heavy atom. The fraction of sp³-hybridized carbons (Fsp3) is 0.486. The fourth-order valence-electron chi connectivity index (χ4n) is 7.84. The van der Waals surface area contributed by atoms with E-state index in [1.165, 1.54) is 11.3 Å². The number of ether oxygens (including phenoxy) is 1. The number of piperidine rings is 1. The first-order valence-corrected chi connectivity index (χ1v) is 17.0. The van der Waals surface area contributed by atoms with Gasteiger partial charge in [-0.2, -0.15) is 0 Å². The zero-order valence-electron chi connectivity index (χ0n) is 27.3. The van der Waals surface area contributed by atoms with Gasteiger partial charge in [0.2, 0.25) is 0 Å². The summed E-state index contributed by atoms with van der Waals surface area (Å²) >= 11 is 0. The molecule has 4 aliphatic rings. The number of benzene rings is 2. The quantitative estimate of drug-likeness (QED) is 0.388. The van der Waals surface area contributed by atoms with Gasteiger partial charge in [-0.3, -0.25) is 9.59 Å². The minimum absolute atomic E-state index is 0.0129. The van der Waals surface area contributed by atoms with Crippen molar-refractivity contribution in [2.24, 2.45) is 0 Å². The van der Waals surface area contributed by atoms with E-state index >= 15 is 0 Å². The van der Waals surface area contributed by atoms with Crippen molar-refractivity contribution in [2.75, 3.05) is 49.6 Å². The van der Waals surface area contributed by atoms with Crippen LogP contribution in [0.5, 0.6) is 5.75 Å². The largest absolute Gasteiger partial charge is 0.493 e. The van der Waals surface area contributed by atoms with Crippen LogP contribution in [0.3, 0.4) is 0 Å². The summed E-state index contributed by atoms with van der Waals surface area (Å²) in [6.07, 6.45) is 7.66. The van der Waals surface area contributed by atoms with Crippen molar-refractivity contribution in [3.63, 3.8) is 0 Å². The van der Waals surface area contributed by atoms with Crippen LogP contribution in [0.25, 0.3) is 0 Å².